The van der Waals surface area contributed by atoms with E-state index in [4.69, 9.17) is 5.11 Å². The van der Waals surface area contributed by atoms with Crippen molar-refractivity contribution in [3.63, 3.8) is 0 Å². The van der Waals surface area contributed by atoms with Crippen molar-refractivity contribution in [3.05, 3.63) is 41.8 Å². The molecule has 0 aliphatic rings. The lowest BCUT2D eigenvalue weighted by Crippen LogP contribution is -2.37. The van der Waals surface area contributed by atoms with Crippen LogP contribution in [-0.2, 0) is 4.79 Å². The number of aryl methyl sites for hydroxylation is 1. The lowest BCUT2D eigenvalue weighted by molar-refractivity contribution is -0.138. The Hall–Kier alpha value is -2.50. The lowest BCUT2D eigenvalue weighted by Gasteiger charge is -2.22. The fraction of sp³-hybridized carbons (Fsp3) is 0.267. The van der Waals surface area contributed by atoms with Crippen molar-refractivity contribution >= 4 is 11.9 Å². The Balaban J connectivity index is 2.48. The summed E-state index contributed by atoms with van der Waals surface area (Å²) in [7, 11) is 1.59. The van der Waals surface area contributed by atoms with Gasteiger partial charge < -0.3 is 10.0 Å². The summed E-state index contributed by atoms with van der Waals surface area (Å²) in [4.78, 5) is 20.9. The topological polar surface area (TPSA) is 66.3 Å². The number of likely N-dealkylation sites (N-methyl/N-ethyl adjacent to an activating group) is 1. The molecule has 0 saturated heterocycles. The Morgan fingerprint density at radius 2 is 2.05 bits per heavy atom. The van der Waals surface area contributed by atoms with Gasteiger partial charge in [0.1, 0.15) is 11.9 Å². The van der Waals surface area contributed by atoms with Gasteiger partial charge in [0, 0.05) is 18.8 Å². The first kappa shape index (κ1) is 14.9. The number of carboxylic acid groups (broad SMARTS) is 1. The van der Waals surface area contributed by atoms with Crippen molar-refractivity contribution in [2.75, 3.05) is 11.9 Å². The molecule has 1 N–H and O–H groups in total. The van der Waals surface area contributed by atoms with E-state index in [2.05, 4.69) is 9.97 Å². The summed E-state index contributed by atoms with van der Waals surface area (Å²) in [6.45, 7) is 3.32. The van der Waals surface area contributed by atoms with Crippen molar-refractivity contribution in [2.24, 2.45) is 0 Å². The Morgan fingerprint density at radius 3 is 2.67 bits per heavy atom. The van der Waals surface area contributed by atoms with Crippen LogP contribution >= 0.6 is 0 Å². The maximum Gasteiger partial charge on any atom is 0.326 e. The van der Waals surface area contributed by atoms with Gasteiger partial charge >= 0.3 is 5.97 Å². The number of carbonyl (C=O) groups is 1. The van der Waals surface area contributed by atoms with E-state index in [0.717, 1.165) is 5.56 Å². The Labute approximate surface area is 122 Å². The number of aliphatic carboxylic acids is 1. The number of anilines is 1. The summed E-state index contributed by atoms with van der Waals surface area (Å²) in [5, 5.41) is 9.04. The van der Waals surface area contributed by atoms with Gasteiger partial charge in [0.15, 0.2) is 0 Å². The minimum atomic E-state index is -0.978. The van der Waals surface area contributed by atoms with Gasteiger partial charge in [-0.15, -0.1) is 0 Å². The zero-order valence-corrected chi connectivity index (χ0v) is 12.0. The first-order valence-electron chi connectivity index (χ1n) is 6.46. The monoisotopic (exact) mass is 289 g/mol. The van der Waals surface area contributed by atoms with E-state index < -0.39 is 12.0 Å². The highest BCUT2D eigenvalue weighted by Gasteiger charge is 2.20. The van der Waals surface area contributed by atoms with Crippen LogP contribution in [0.25, 0.3) is 11.3 Å². The molecule has 1 aromatic carbocycles. The predicted octanol–water partition coefficient (Wildman–Crippen LogP) is 2.50. The molecule has 1 heterocycles. The van der Waals surface area contributed by atoms with Gasteiger partial charge in [0.05, 0.1) is 5.69 Å². The Kier molecular flexibility index (Phi) is 4.16. The molecule has 0 bridgehead atoms. The minimum Gasteiger partial charge on any atom is -0.480 e. The van der Waals surface area contributed by atoms with E-state index in [9.17, 15) is 9.18 Å². The van der Waals surface area contributed by atoms with Crippen LogP contribution in [0.2, 0.25) is 0 Å². The molecule has 0 saturated carbocycles. The third-order valence-corrected chi connectivity index (χ3v) is 3.34. The van der Waals surface area contributed by atoms with Crippen LogP contribution in [-0.4, -0.2) is 34.1 Å². The summed E-state index contributed by atoms with van der Waals surface area (Å²) >= 11 is 0. The van der Waals surface area contributed by atoms with E-state index in [1.807, 2.05) is 0 Å². The fourth-order valence-electron chi connectivity index (χ4n) is 1.87. The lowest BCUT2D eigenvalue weighted by atomic mass is 10.1. The standard InChI is InChI=1S/C15H16FN3O2/c1-9-8-17-15(19(3)10(2)14(20)21)18-13(9)11-6-4-5-7-12(11)16/h4-8,10H,1-3H3,(H,20,21). The van der Waals surface area contributed by atoms with E-state index in [1.165, 1.54) is 17.9 Å². The summed E-state index contributed by atoms with van der Waals surface area (Å²) in [5.41, 5.74) is 1.55. The van der Waals surface area contributed by atoms with Crippen LogP contribution in [0.5, 0.6) is 0 Å². The average Bonchev–Trinajstić information content (AvgIpc) is 2.47. The number of carboxylic acids is 1. The number of nitrogens with zero attached hydrogens (tertiary/aromatic N) is 3. The molecule has 1 aromatic heterocycles. The molecular formula is C15H16FN3O2. The van der Waals surface area contributed by atoms with Crippen molar-refractivity contribution in [1.82, 2.24) is 9.97 Å². The van der Waals surface area contributed by atoms with Gasteiger partial charge in [-0.25, -0.2) is 19.2 Å². The summed E-state index contributed by atoms with van der Waals surface area (Å²) < 4.78 is 13.9. The maximum absolute atomic E-state index is 13.9. The van der Waals surface area contributed by atoms with Crippen LogP contribution in [0.1, 0.15) is 12.5 Å². The number of aromatic nitrogens is 2. The van der Waals surface area contributed by atoms with Crippen LogP contribution in [0.3, 0.4) is 0 Å². The molecule has 0 radical (unpaired) electrons. The SMILES string of the molecule is Cc1cnc(N(C)C(C)C(=O)O)nc1-c1ccccc1F. The predicted molar refractivity (Wildman–Crippen MR) is 77.7 cm³/mol. The fourth-order valence-corrected chi connectivity index (χ4v) is 1.87. The van der Waals surface area contributed by atoms with E-state index >= 15 is 0 Å². The highest BCUT2D eigenvalue weighted by atomic mass is 19.1. The number of benzene rings is 1. The average molecular weight is 289 g/mol. The highest BCUT2D eigenvalue weighted by molar-refractivity contribution is 5.76. The molecule has 5 nitrogen and oxygen atoms in total. The van der Waals surface area contributed by atoms with Crippen LogP contribution in [0, 0.1) is 12.7 Å². The first-order valence-corrected chi connectivity index (χ1v) is 6.46. The van der Waals surface area contributed by atoms with Gasteiger partial charge in [0.25, 0.3) is 0 Å². The number of hydrogen-bond acceptors (Lipinski definition) is 4. The molecule has 1 unspecified atom stereocenters. The highest BCUT2D eigenvalue weighted by Crippen LogP contribution is 2.25. The second-order valence-corrected chi connectivity index (χ2v) is 4.81. The van der Waals surface area contributed by atoms with Gasteiger partial charge in [-0.05, 0) is 31.5 Å². The molecule has 6 heteroatoms. The number of halogens is 1. The summed E-state index contributed by atoms with van der Waals surface area (Å²) in [6, 6.07) is 5.55. The third kappa shape index (κ3) is 2.99. The first-order chi connectivity index (χ1) is 9.91. The van der Waals surface area contributed by atoms with E-state index in [0.29, 0.717) is 11.3 Å². The number of rotatable bonds is 4. The second kappa shape index (κ2) is 5.87. The van der Waals surface area contributed by atoms with Crippen molar-refractivity contribution < 1.29 is 14.3 Å². The van der Waals surface area contributed by atoms with Gasteiger partial charge in [-0.1, -0.05) is 12.1 Å². The van der Waals surface area contributed by atoms with Crippen LogP contribution in [0.15, 0.2) is 30.5 Å². The van der Waals surface area contributed by atoms with Crippen LogP contribution in [0.4, 0.5) is 10.3 Å². The summed E-state index contributed by atoms with van der Waals surface area (Å²) in [6.07, 6.45) is 1.56. The van der Waals surface area contributed by atoms with Crippen molar-refractivity contribution in [3.8, 4) is 11.3 Å². The van der Waals surface area contributed by atoms with Crippen molar-refractivity contribution in [2.45, 2.75) is 19.9 Å². The largest absolute Gasteiger partial charge is 0.480 e. The Morgan fingerprint density at radius 1 is 1.38 bits per heavy atom. The van der Waals surface area contributed by atoms with Crippen molar-refractivity contribution in [1.29, 1.82) is 0 Å². The van der Waals surface area contributed by atoms with Gasteiger partial charge in [0.2, 0.25) is 5.95 Å². The molecule has 2 rings (SSSR count). The van der Waals surface area contributed by atoms with Crippen LogP contribution < -0.4 is 4.90 Å². The molecular weight excluding hydrogens is 273 g/mol. The minimum absolute atomic E-state index is 0.244. The maximum atomic E-state index is 13.9. The van der Waals surface area contributed by atoms with E-state index in [-0.39, 0.29) is 11.8 Å². The van der Waals surface area contributed by atoms with E-state index in [1.54, 1.807) is 38.4 Å². The zero-order chi connectivity index (χ0) is 15.6. The summed E-state index contributed by atoms with van der Waals surface area (Å²) in [5.74, 6) is -1.11. The van der Waals surface area contributed by atoms with Gasteiger partial charge in [-0.2, -0.15) is 0 Å². The molecule has 110 valence electrons. The molecule has 21 heavy (non-hydrogen) atoms. The Bertz CT molecular complexity index is 676. The van der Waals surface area contributed by atoms with Gasteiger partial charge in [-0.3, -0.25) is 0 Å². The molecule has 0 fully saturated rings. The molecule has 0 spiro atoms. The normalized spacial score (nSPS) is 12.0. The zero-order valence-electron chi connectivity index (χ0n) is 12.0. The number of hydrogen-bond donors (Lipinski definition) is 1. The molecule has 2 aromatic rings. The molecule has 0 amide bonds. The molecule has 0 aliphatic heterocycles. The second-order valence-electron chi connectivity index (χ2n) is 4.81. The molecule has 0 aliphatic carbocycles. The quantitative estimate of drug-likeness (QED) is 0.936. The third-order valence-electron chi connectivity index (χ3n) is 3.34. The molecule has 1 atom stereocenters. The smallest absolute Gasteiger partial charge is 0.326 e.